The number of nitrogens with zero attached hydrogens (tertiary/aromatic N) is 6. The molecule has 15 heteroatoms. The molecule has 2 N–H and O–H groups in total. The van der Waals surface area contributed by atoms with Gasteiger partial charge in [-0.25, -0.2) is 15.0 Å². The Morgan fingerprint density at radius 2 is 1.86 bits per heavy atom. The smallest absolute Gasteiger partial charge is 0.417 e. The molecule has 44 heavy (non-hydrogen) atoms. The highest BCUT2D eigenvalue weighted by Gasteiger charge is 2.34. The summed E-state index contributed by atoms with van der Waals surface area (Å²) >= 11 is 7.11. The summed E-state index contributed by atoms with van der Waals surface area (Å²) in [6, 6.07) is 3.70. The maximum atomic E-state index is 15.8. The van der Waals surface area contributed by atoms with E-state index in [0.29, 0.717) is 42.8 Å². The lowest BCUT2D eigenvalue weighted by molar-refractivity contribution is -0.138. The van der Waals surface area contributed by atoms with Crippen molar-refractivity contribution in [2.24, 2.45) is 5.92 Å². The maximum Gasteiger partial charge on any atom is 0.417 e. The van der Waals surface area contributed by atoms with Crippen LogP contribution < -0.4 is 15.1 Å². The lowest BCUT2D eigenvalue weighted by atomic mass is 9.99. The normalized spacial score (nSPS) is 18.3. The second-order valence-electron chi connectivity index (χ2n) is 11.0. The number of aliphatic carboxylic acids is 1. The number of anilines is 4. The number of thiazole rings is 1. The van der Waals surface area contributed by atoms with Crippen molar-refractivity contribution in [2.45, 2.75) is 52.8 Å². The summed E-state index contributed by atoms with van der Waals surface area (Å²) < 4.78 is 56.8. The number of hydrogen-bond donors (Lipinski definition) is 2. The van der Waals surface area contributed by atoms with E-state index in [0.717, 1.165) is 32.0 Å². The van der Waals surface area contributed by atoms with Crippen molar-refractivity contribution in [2.75, 3.05) is 54.4 Å². The third kappa shape index (κ3) is 7.52. The van der Waals surface area contributed by atoms with Gasteiger partial charge in [0.25, 0.3) is 0 Å². The van der Waals surface area contributed by atoms with Gasteiger partial charge >= 0.3 is 12.1 Å². The quantitative estimate of drug-likeness (QED) is 0.248. The molecule has 0 unspecified atom stereocenters. The van der Waals surface area contributed by atoms with Gasteiger partial charge in [-0.2, -0.15) is 17.6 Å². The minimum absolute atomic E-state index is 0. The van der Waals surface area contributed by atoms with E-state index in [9.17, 15) is 18.0 Å². The zero-order valence-corrected chi connectivity index (χ0v) is 25.2. The number of benzene rings is 1. The Labute approximate surface area is 262 Å². The molecule has 2 saturated heterocycles. The molecule has 5 rings (SSSR count). The Hall–Kier alpha value is -3.23. The van der Waals surface area contributed by atoms with Gasteiger partial charge < -0.3 is 20.2 Å². The molecule has 3 aromatic rings. The lowest BCUT2D eigenvalue weighted by Crippen LogP contribution is -2.52. The first-order valence-electron chi connectivity index (χ1n) is 14.0. The van der Waals surface area contributed by atoms with E-state index < -0.39 is 28.5 Å². The van der Waals surface area contributed by atoms with E-state index in [4.69, 9.17) is 16.7 Å². The van der Waals surface area contributed by atoms with Crippen LogP contribution in [0.4, 0.5) is 39.3 Å². The zero-order chi connectivity index (χ0) is 30.9. The van der Waals surface area contributed by atoms with Crippen molar-refractivity contribution in [1.29, 1.82) is 0 Å². The van der Waals surface area contributed by atoms with Crippen LogP contribution in [-0.2, 0) is 11.0 Å². The standard InChI is InChI=1S/C28H32ClF4N7O2S.CH4/c1-16-5-8-39(9-6-16)26-23(18-3-4-20(29)19(13-18)28(31,32)33)36-27(43-26)37-24-22(30)25(35-15-34-24)40-12-11-38(17(2)14-40)10-7-21(41)42;/h3-4,13,15-17H,5-12,14H2,1-2H3,(H,41,42)(H,34,35,36,37);1H4/t17-;/m1./s1. The first-order chi connectivity index (χ1) is 20.4. The van der Waals surface area contributed by atoms with Crippen molar-refractivity contribution in [1.82, 2.24) is 19.9 Å². The second kappa shape index (κ2) is 13.8. The number of hydrogen-bond acceptors (Lipinski definition) is 9. The Bertz CT molecular complexity index is 1470. The summed E-state index contributed by atoms with van der Waals surface area (Å²) in [7, 11) is 0. The number of piperazine rings is 1. The Morgan fingerprint density at radius 1 is 1.14 bits per heavy atom. The van der Waals surface area contributed by atoms with Crippen LogP contribution in [0.25, 0.3) is 11.3 Å². The first kappa shape index (κ1) is 33.7. The fourth-order valence-corrected chi connectivity index (χ4v) is 6.66. The molecule has 9 nitrogen and oxygen atoms in total. The molecule has 2 aliphatic heterocycles. The number of nitrogens with one attached hydrogen (secondary N) is 1. The van der Waals surface area contributed by atoms with Crippen LogP contribution in [0.2, 0.25) is 5.02 Å². The summed E-state index contributed by atoms with van der Waals surface area (Å²) in [4.78, 5) is 29.8. The Morgan fingerprint density at radius 3 is 2.52 bits per heavy atom. The van der Waals surface area contributed by atoms with Crippen molar-refractivity contribution in [3.05, 3.63) is 40.9 Å². The molecule has 1 atom stereocenters. The van der Waals surface area contributed by atoms with Gasteiger partial charge in [-0.05, 0) is 37.8 Å². The highest BCUT2D eigenvalue weighted by atomic mass is 35.5. The third-order valence-corrected chi connectivity index (χ3v) is 9.26. The van der Waals surface area contributed by atoms with Gasteiger partial charge in [-0.1, -0.05) is 43.4 Å². The predicted octanol–water partition coefficient (Wildman–Crippen LogP) is 7.01. The van der Waals surface area contributed by atoms with Crippen LogP contribution in [0, 0.1) is 11.7 Å². The van der Waals surface area contributed by atoms with E-state index in [2.05, 4.69) is 32.1 Å². The molecular formula is C29H36ClF4N7O2S. The average molecular weight is 658 g/mol. The number of carboxylic acid groups (broad SMARTS) is 1. The monoisotopic (exact) mass is 657 g/mol. The van der Waals surface area contributed by atoms with Crippen molar-refractivity contribution in [3.8, 4) is 11.3 Å². The van der Waals surface area contributed by atoms with Crippen LogP contribution in [0.5, 0.6) is 0 Å². The lowest BCUT2D eigenvalue weighted by Gasteiger charge is -2.40. The van der Waals surface area contributed by atoms with Crippen molar-refractivity contribution < 1.29 is 27.5 Å². The average Bonchev–Trinajstić information content (AvgIpc) is 3.37. The molecule has 0 radical (unpaired) electrons. The summed E-state index contributed by atoms with van der Waals surface area (Å²) in [5.41, 5.74) is -0.338. The molecule has 2 aliphatic rings. The molecule has 4 heterocycles. The Kier molecular flexibility index (Phi) is 10.6. The van der Waals surface area contributed by atoms with Gasteiger partial charge in [-0.3, -0.25) is 9.69 Å². The summed E-state index contributed by atoms with van der Waals surface area (Å²) in [6.45, 7) is 7.42. The fraction of sp³-hybridized carbons (Fsp3) is 0.517. The molecule has 0 spiro atoms. The molecule has 0 amide bonds. The van der Waals surface area contributed by atoms with E-state index >= 15 is 4.39 Å². The minimum atomic E-state index is -4.63. The third-order valence-electron chi connectivity index (χ3n) is 7.90. The summed E-state index contributed by atoms with van der Waals surface area (Å²) in [5, 5.41) is 12.5. The number of piperidine rings is 1. The van der Waals surface area contributed by atoms with Gasteiger partial charge in [0.05, 0.1) is 17.0 Å². The predicted molar refractivity (Wildman–Crippen MR) is 166 cm³/mol. The van der Waals surface area contributed by atoms with Gasteiger partial charge in [0.2, 0.25) is 5.82 Å². The van der Waals surface area contributed by atoms with Crippen LogP contribution in [0.15, 0.2) is 24.5 Å². The van der Waals surface area contributed by atoms with Crippen LogP contribution >= 0.6 is 22.9 Å². The van der Waals surface area contributed by atoms with E-state index in [-0.39, 0.29) is 42.2 Å². The van der Waals surface area contributed by atoms with Crippen LogP contribution in [0.1, 0.15) is 46.1 Å². The molecule has 240 valence electrons. The highest BCUT2D eigenvalue weighted by molar-refractivity contribution is 7.20. The topological polar surface area (TPSA) is 97.7 Å². The molecule has 0 bridgehead atoms. The maximum absolute atomic E-state index is 15.8. The number of carbonyl (C=O) groups is 1. The molecule has 1 aromatic carbocycles. The van der Waals surface area contributed by atoms with Gasteiger partial charge in [0.1, 0.15) is 17.0 Å². The molecule has 0 aliphatic carbocycles. The first-order valence-corrected chi connectivity index (χ1v) is 15.2. The number of alkyl halides is 3. The summed E-state index contributed by atoms with van der Waals surface area (Å²) in [6.07, 6.45) is -1.49. The van der Waals surface area contributed by atoms with E-state index in [1.165, 1.54) is 29.8 Å². The SMILES string of the molecule is C.CC1CCN(c2sc(Nc3ncnc(N4CCN(CCC(=O)O)[C@H](C)C4)c3F)nc2-c2ccc(Cl)c(C(F)(F)F)c2)CC1. The van der Waals surface area contributed by atoms with Gasteiger partial charge in [-0.15, -0.1) is 0 Å². The van der Waals surface area contributed by atoms with Crippen LogP contribution in [-0.4, -0.2) is 76.2 Å². The highest BCUT2D eigenvalue weighted by Crippen LogP contribution is 2.44. The Balaban J connectivity index is 0.00000442. The number of aromatic nitrogens is 3. The minimum Gasteiger partial charge on any atom is -0.481 e. The molecule has 0 saturated carbocycles. The van der Waals surface area contributed by atoms with Gasteiger partial charge in [0.15, 0.2) is 16.8 Å². The summed E-state index contributed by atoms with van der Waals surface area (Å²) in [5.74, 6) is -1.00. The number of halogens is 5. The number of carboxylic acids is 1. The second-order valence-corrected chi connectivity index (χ2v) is 12.4. The largest absolute Gasteiger partial charge is 0.481 e. The van der Waals surface area contributed by atoms with Gasteiger partial charge in [0, 0.05) is 50.9 Å². The van der Waals surface area contributed by atoms with E-state index in [1.54, 1.807) is 4.90 Å². The molecule has 2 aromatic heterocycles. The fourth-order valence-electron chi connectivity index (χ4n) is 5.40. The van der Waals surface area contributed by atoms with E-state index in [1.807, 2.05) is 11.8 Å². The van der Waals surface area contributed by atoms with Crippen molar-refractivity contribution >= 4 is 50.7 Å². The number of rotatable bonds is 8. The van der Waals surface area contributed by atoms with Crippen LogP contribution in [0.3, 0.4) is 0 Å². The zero-order valence-electron chi connectivity index (χ0n) is 23.7. The molecular weight excluding hydrogens is 622 g/mol. The van der Waals surface area contributed by atoms with Crippen molar-refractivity contribution in [3.63, 3.8) is 0 Å². The molecule has 2 fully saturated rings.